The van der Waals surface area contributed by atoms with Crippen molar-refractivity contribution in [3.8, 4) is 11.5 Å². The zero-order chi connectivity index (χ0) is 18.9. The van der Waals surface area contributed by atoms with Gasteiger partial charge in [-0.05, 0) is 37.0 Å². The molecule has 4 heterocycles. The highest BCUT2D eigenvalue weighted by molar-refractivity contribution is 5.96. The molecule has 5 rings (SSSR count). The highest BCUT2D eigenvalue weighted by atomic mass is 16.7. The number of aromatic nitrogens is 2. The molecule has 0 saturated carbocycles. The Labute approximate surface area is 162 Å². The van der Waals surface area contributed by atoms with E-state index in [1.54, 1.807) is 0 Å². The monoisotopic (exact) mass is 382 g/mol. The summed E-state index contributed by atoms with van der Waals surface area (Å²) >= 11 is 0. The van der Waals surface area contributed by atoms with Gasteiger partial charge in [-0.15, -0.1) is 0 Å². The number of carbonyl (C=O) groups excluding carboxylic acids is 1. The lowest BCUT2D eigenvalue weighted by Gasteiger charge is -2.26. The first-order chi connectivity index (χ1) is 13.8. The van der Waals surface area contributed by atoms with E-state index in [9.17, 15) is 4.79 Å². The third kappa shape index (κ3) is 3.35. The maximum absolute atomic E-state index is 12.4. The molecule has 2 aromatic rings. The highest BCUT2D eigenvalue weighted by Crippen LogP contribution is 2.33. The van der Waals surface area contributed by atoms with Gasteiger partial charge < -0.3 is 24.8 Å². The van der Waals surface area contributed by atoms with Crippen LogP contribution in [0.2, 0.25) is 0 Å². The van der Waals surface area contributed by atoms with Crippen LogP contribution in [0.15, 0.2) is 18.2 Å². The second-order valence-corrected chi connectivity index (χ2v) is 7.22. The van der Waals surface area contributed by atoms with Gasteiger partial charge in [-0.2, -0.15) is 0 Å². The first-order valence-electron chi connectivity index (χ1n) is 9.67. The zero-order valence-electron chi connectivity index (χ0n) is 15.5. The van der Waals surface area contributed by atoms with E-state index in [0.717, 1.165) is 60.9 Å². The molecule has 28 heavy (non-hydrogen) atoms. The normalized spacial score (nSPS) is 18.5. The molecular formula is C20H22N4O4. The number of nitrogens with one attached hydrogen (secondary N) is 2. The molecule has 0 spiro atoms. The molecule has 2 N–H and O–H groups in total. The van der Waals surface area contributed by atoms with Crippen LogP contribution in [0.25, 0.3) is 0 Å². The quantitative estimate of drug-likeness (QED) is 0.831. The summed E-state index contributed by atoms with van der Waals surface area (Å²) in [6.45, 7) is 2.34. The van der Waals surface area contributed by atoms with Crippen molar-refractivity contribution in [2.24, 2.45) is 0 Å². The molecule has 0 unspecified atom stereocenters. The van der Waals surface area contributed by atoms with Crippen LogP contribution in [0.1, 0.15) is 40.3 Å². The lowest BCUT2D eigenvalue weighted by Crippen LogP contribution is -2.35. The molecule has 0 atom stereocenters. The van der Waals surface area contributed by atoms with Crippen molar-refractivity contribution in [1.29, 1.82) is 0 Å². The van der Waals surface area contributed by atoms with Gasteiger partial charge in [0.1, 0.15) is 17.3 Å². The molecule has 1 aromatic carbocycles. The maximum atomic E-state index is 12.4. The predicted molar refractivity (Wildman–Crippen MR) is 101 cm³/mol. The minimum Gasteiger partial charge on any atom is -0.454 e. The van der Waals surface area contributed by atoms with E-state index >= 15 is 0 Å². The second-order valence-electron chi connectivity index (χ2n) is 7.22. The Morgan fingerprint density at radius 3 is 2.89 bits per heavy atom. The minimum atomic E-state index is -0.134. The van der Waals surface area contributed by atoms with E-state index in [-0.39, 0.29) is 12.7 Å². The number of rotatable bonds is 4. The molecule has 1 saturated heterocycles. The molecule has 8 heteroatoms. The average Bonchev–Trinajstić information content (AvgIpc) is 3.18. The summed E-state index contributed by atoms with van der Waals surface area (Å²) in [5.74, 6) is 2.74. The molecule has 3 aliphatic rings. The van der Waals surface area contributed by atoms with Gasteiger partial charge in [0.05, 0.1) is 0 Å². The fraction of sp³-hybridized carbons (Fsp3) is 0.450. The standard InChI is InChI=1S/C20H22N4O4/c25-20-18-14(3-6-21-20)19(22-13-4-7-26-8-5-13)24-17(23-18)10-12-1-2-15-16(9-12)28-11-27-15/h1-2,9,13H,3-8,10-11H2,(H,21,25)(H,22,23,24). The van der Waals surface area contributed by atoms with E-state index in [2.05, 4.69) is 15.6 Å². The maximum Gasteiger partial charge on any atom is 0.270 e. The number of nitrogens with zero attached hydrogens (tertiary/aromatic N) is 2. The molecule has 8 nitrogen and oxygen atoms in total. The fourth-order valence-corrected chi connectivity index (χ4v) is 3.81. The SMILES string of the molecule is O=C1NCCc2c(NC3CCOCC3)nc(Cc3ccc4c(c3)OCO4)nc21. The summed E-state index contributed by atoms with van der Waals surface area (Å²) in [6.07, 6.45) is 3.11. The first-order valence-corrected chi connectivity index (χ1v) is 9.67. The molecule has 146 valence electrons. The topological polar surface area (TPSA) is 94.6 Å². The molecule has 3 aliphatic heterocycles. The Balaban J connectivity index is 1.46. The molecule has 0 radical (unpaired) electrons. The highest BCUT2D eigenvalue weighted by Gasteiger charge is 2.26. The van der Waals surface area contributed by atoms with Crippen molar-refractivity contribution in [3.05, 3.63) is 40.8 Å². The first kappa shape index (κ1) is 17.2. The third-order valence-electron chi connectivity index (χ3n) is 5.29. The van der Waals surface area contributed by atoms with Crippen LogP contribution in [-0.2, 0) is 17.6 Å². The van der Waals surface area contributed by atoms with Crippen molar-refractivity contribution in [2.75, 3.05) is 31.9 Å². The lowest BCUT2D eigenvalue weighted by atomic mass is 10.0. The van der Waals surface area contributed by atoms with Crippen LogP contribution >= 0.6 is 0 Å². The van der Waals surface area contributed by atoms with E-state index in [0.29, 0.717) is 30.5 Å². The Morgan fingerprint density at radius 2 is 2.00 bits per heavy atom. The van der Waals surface area contributed by atoms with Crippen LogP contribution in [0.3, 0.4) is 0 Å². The molecule has 1 fully saturated rings. The largest absolute Gasteiger partial charge is 0.454 e. The van der Waals surface area contributed by atoms with E-state index in [1.165, 1.54) is 0 Å². The number of hydrogen-bond donors (Lipinski definition) is 2. The van der Waals surface area contributed by atoms with Gasteiger partial charge in [0, 0.05) is 37.8 Å². The summed E-state index contributed by atoms with van der Waals surface area (Å²) in [5.41, 5.74) is 2.40. The van der Waals surface area contributed by atoms with Crippen molar-refractivity contribution >= 4 is 11.7 Å². The Morgan fingerprint density at radius 1 is 1.14 bits per heavy atom. The number of carbonyl (C=O) groups is 1. The number of amides is 1. The number of anilines is 1. The molecule has 1 aromatic heterocycles. The second kappa shape index (κ2) is 7.27. The van der Waals surface area contributed by atoms with E-state index in [1.807, 2.05) is 18.2 Å². The van der Waals surface area contributed by atoms with Crippen LogP contribution < -0.4 is 20.1 Å². The molecular weight excluding hydrogens is 360 g/mol. The van der Waals surface area contributed by atoms with Crippen molar-refractivity contribution in [2.45, 2.75) is 31.7 Å². The molecule has 0 bridgehead atoms. The average molecular weight is 382 g/mol. The minimum absolute atomic E-state index is 0.134. The van der Waals surface area contributed by atoms with Gasteiger partial charge in [-0.25, -0.2) is 9.97 Å². The van der Waals surface area contributed by atoms with Crippen LogP contribution in [-0.4, -0.2) is 48.5 Å². The predicted octanol–water partition coefficient (Wildman–Crippen LogP) is 1.67. The summed E-state index contributed by atoms with van der Waals surface area (Å²) in [4.78, 5) is 21.8. The van der Waals surface area contributed by atoms with Gasteiger partial charge in [-0.1, -0.05) is 6.07 Å². The number of hydrogen-bond acceptors (Lipinski definition) is 7. The van der Waals surface area contributed by atoms with Gasteiger partial charge in [0.2, 0.25) is 6.79 Å². The number of ether oxygens (including phenoxy) is 3. The van der Waals surface area contributed by atoms with Crippen LogP contribution in [0.4, 0.5) is 5.82 Å². The third-order valence-corrected chi connectivity index (χ3v) is 5.29. The Kier molecular flexibility index (Phi) is 4.48. The summed E-state index contributed by atoms with van der Waals surface area (Å²) in [6, 6.07) is 6.11. The lowest BCUT2D eigenvalue weighted by molar-refractivity contribution is 0.0901. The Hall–Kier alpha value is -2.87. The van der Waals surface area contributed by atoms with Crippen molar-refractivity contribution in [3.63, 3.8) is 0 Å². The van der Waals surface area contributed by atoms with Crippen molar-refractivity contribution < 1.29 is 19.0 Å². The molecule has 1 amide bonds. The van der Waals surface area contributed by atoms with Gasteiger partial charge in [0.15, 0.2) is 11.5 Å². The fourth-order valence-electron chi connectivity index (χ4n) is 3.81. The summed E-state index contributed by atoms with van der Waals surface area (Å²) < 4.78 is 16.3. The number of benzene rings is 1. The van der Waals surface area contributed by atoms with Crippen LogP contribution in [0.5, 0.6) is 11.5 Å². The van der Waals surface area contributed by atoms with Gasteiger partial charge in [0.25, 0.3) is 5.91 Å². The Bertz CT molecular complexity index is 911. The number of fused-ring (bicyclic) bond motifs is 2. The van der Waals surface area contributed by atoms with Crippen LogP contribution in [0, 0.1) is 0 Å². The van der Waals surface area contributed by atoms with Gasteiger partial charge in [-0.3, -0.25) is 4.79 Å². The van der Waals surface area contributed by atoms with E-state index in [4.69, 9.17) is 19.2 Å². The smallest absolute Gasteiger partial charge is 0.270 e. The zero-order valence-corrected chi connectivity index (χ0v) is 15.5. The summed E-state index contributed by atoms with van der Waals surface area (Å²) in [5, 5.41) is 6.42. The summed E-state index contributed by atoms with van der Waals surface area (Å²) in [7, 11) is 0. The van der Waals surface area contributed by atoms with E-state index < -0.39 is 0 Å². The van der Waals surface area contributed by atoms with Crippen molar-refractivity contribution in [1.82, 2.24) is 15.3 Å². The van der Waals surface area contributed by atoms with Gasteiger partial charge >= 0.3 is 0 Å². The molecule has 0 aliphatic carbocycles.